The first kappa shape index (κ1) is 13.5. The molecule has 1 aromatic carbocycles. The molecule has 0 unspecified atom stereocenters. The van der Waals surface area contributed by atoms with Crippen molar-refractivity contribution in [2.24, 2.45) is 5.92 Å². The lowest BCUT2D eigenvalue weighted by Gasteiger charge is -2.31. The van der Waals surface area contributed by atoms with Gasteiger partial charge in [0.1, 0.15) is 12.1 Å². The number of hydrogen-bond donors (Lipinski definition) is 1. The van der Waals surface area contributed by atoms with Gasteiger partial charge in [-0.25, -0.2) is 9.97 Å². The maximum atomic E-state index is 11.0. The highest BCUT2D eigenvalue weighted by Crippen LogP contribution is 2.30. The first-order valence-corrected chi connectivity index (χ1v) is 7.61. The Morgan fingerprint density at radius 1 is 1.30 bits per heavy atom. The Kier molecular flexibility index (Phi) is 3.73. The lowest BCUT2D eigenvalue weighted by Crippen LogP contribution is -2.37. The molecular weight excluding hydrogens is 369 g/mol. The van der Waals surface area contributed by atoms with Crippen molar-refractivity contribution in [1.82, 2.24) is 9.97 Å². The molecule has 20 heavy (non-hydrogen) atoms. The maximum absolute atomic E-state index is 11.0. The highest BCUT2D eigenvalue weighted by molar-refractivity contribution is 14.1. The molecule has 1 aromatic heterocycles. The molecule has 5 nitrogen and oxygen atoms in total. The topological polar surface area (TPSA) is 66.3 Å². The summed E-state index contributed by atoms with van der Waals surface area (Å²) in [4.78, 5) is 21.9. The summed E-state index contributed by atoms with van der Waals surface area (Å²) in [6, 6.07) is 6.00. The van der Waals surface area contributed by atoms with Crippen molar-refractivity contribution in [3.05, 3.63) is 28.1 Å². The number of carbonyl (C=O) groups is 1. The van der Waals surface area contributed by atoms with Crippen LogP contribution in [0.15, 0.2) is 24.5 Å². The lowest BCUT2D eigenvalue weighted by atomic mass is 9.97. The van der Waals surface area contributed by atoms with Gasteiger partial charge >= 0.3 is 5.97 Å². The van der Waals surface area contributed by atoms with Crippen LogP contribution in [-0.2, 0) is 4.79 Å². The van der Waals surface area contributed by atoms with E-state index in [0.29, 0.717) is 12.8 Å². The van der Waals surface area contributed by atoms with E-state index in [-0.39, 0.29) is 5.92 Å². The number of carboxylic acids is 1. The van der Waals surface area contributed by atoms with E-state index in [1.165, 1.54) is 0 Å². The maximum Gasteiger partial charge on any atom is 0.306 e. The SMILES string of the molecule is O=C(O)C1CCN(c2ncnc3cccc(I)c23)CC1. The normalized spacial score (nSPS) is 16.6. The Bertz CT molecular complexity index is 649. The van der Waals surface area contributed by atoms with Crippen LogP contribution in [0.25, 0.3) is 10.9 Å². The molecule has 0 saturated carbocycles. The molecule has 1 N–H and O–H groups in total. The molecule has 1 aliphatic rings. The quantitative estimate of drug-likeness (QED) is 0.808. The predicted octanol–water partition coefficient (Wildman–Crippen LogP) is 2.54. The molecule has 0 atom stereocenters. The molecule has 104 valence electrons. The third kappa shape index (κ3) is 2.44. The number of nitrogens with zero attached hydrogens (tertiary/aromatic N) is 3. The molecule has 0 spiro atoms. The number of aromatic nitrogens is 2. The van der Waals surface area contributed by atoms with E-state index >= 15 is 0 Å². The van der Waals surface area contributed by atoms with Gasteiger partial charge < -0.3 is 10.0 Å². The lowest BCUT2D eigenvalue weighted by molar-refractivity contribution is -0.142. The van der Waals surface area contributed by atoms with E-state index in [0.717, 1.165) is 33.4 Å². The van der Waals surface area contributed by atoms with Gasteiger partial charge in [-0.3, -0.25) is 4.79 Å². The van der Waals surface area contributed by atoms with Gasteiger partial charge in [-0.2, -0.15) is 0 Å². The van der Waals surface area contributed by atoms with Gasteiger partial charge in [-0.05, 0) is 47.6 Å². The monoisotopic (exact) mass is 383 g/mol. The number of benzene rings is 1. The summed E-state index contributed by atoms with van der Waals surface area (Å²) in [7, 11) is 0. The van der Waals surface area contributed by atoms with Crippen LogP contribution in [0.4, 0.5) is 5.82 Å². The summed E-state index contributed by atoms with van der Waals surface area (Å²) in [5.74, 6) is 0.00837. The third-order valence-corrected chi connectivity index (χ3v) is 4.63. The van der Waals surface area contributed by atoms with Crippen LogP contribution in [0.3, 0.4) is 0 Å². The molecular formula is C14H14IN3O2. The number of anilines is 1. The number of halogens is 1. The van der Waals surface area contributed by atoms with Crippen molar-refractivity contribution in [3.8, 4) is 0 Å². The third-order valence-electron chi connectivity index (χ3n) is 3.74. The fraction of sp³-hybridized carbons (Fsp3) is 0.357. The second kappa shape index (κ2) is 5.51. The van der Waals surface area contributed by atoms with Gasteiger partial charge in [0.25, 0.3) is 0 Å². The first-order valence-electron chi connectivity index (χ1n) is 6.54. The number of aliphatic carboxylic acids is 1. The van der Waals surface area contributed by atoms with Crippen molar-refractivity contribution in [2.75, 3.05) is 18.0 Å². The number of rotatable bonds is 2. The van der Waals surface area contributed by atoms with Crippen LogP contribution in [0.1, 0.15) is 12.8 Å². The molecule has 2 aromatic rings. The number of carboxylic acid groups (broad SMARTS) is 1. The van der Waals surface area contributed by atoms with Crippen molar-refractivity contribution < 1.29 is 9.90 Å². The first-order chi connectivity index (χ1) is 9.66. The Morgan fingerprint density at radius 3 is 2.75 bits per heavy atom. The zero-order valence-corrected chi connectivity index (χ0v) is 12.9. The summed E-state index contributed by atoms with van der Waals surface area (Å²) in [6.07, 6.45) is 2.92. The molecule has 0 bridgehead atoms. The molecule has 1 aliphatic heterocycles. The summed E-state index contributed by atoms with van der Waals surface area (Å²) in [5, 5.41) is 10.1. The molecule has 6 heteroatoms. The van der Waals surface area contributed by atoms with Crippen LogP contribution in [-0.4, -0.2) is 34.1 Å². The average molecular weight is 383 g/mol. The van der Waals surface area contributed by atoms with E-state index < -0.39 is 5.97 Å². The largest absolute Gasteiger partial charge is 0.481 e. The van der Waals surface area contributed by atoms with Crippen LogP contribution in [0.2, 0.25) is 0 Å². The van der Waals surface area contributed by atoms with Gasteiger partial charge in [-0.1, -0.05) is 6.07 Å². The van der Waals surface area contributed by atoms with E-state index in [9.17, 15) is 4.79 Å². The second-order valence-electron chi connectivity index (χ2n) is 4.93. The van der Waals surface area contributed by atoms with Crippen molar-refractivity contribution in [2.45, 2.75) is 12.8 Å². The zero-order chi connectivity index (χ0) is 14.1. The van der Waals surface area contributed by atoms with Crippen molar-refractivity contribution in [1.29, 1.82) is 0 Å². The Balaban J connectivity index is 1.94. The molecule has 0 amide bonds. The van der Waals surface area contributed by atoms with Crippen LogP contribution >= 0.6 is 22.6 Å². The van der Waals surface area contributed by atoms with E-state index in [1.807, 2.05) is 18.2 Å². The minimum absolute atomic E-state index is 0.224. The fourth-order valence-electron chi connectivity index (χ4n) is 2.63. The second-order valence-corrected chi connectivity index (χ2v) is 6.09. The van der Waals surface area contributed by atoms with Crippen molar-refractivity contribution >= 4 is 45.3 Å². The summed E-state index contributed by atoms with van der Waals surface area (Å²) < 4.78 is 1.12. The molecule has 1 fully saturated rings. The minimum atomic E-state index is -0.688. The Hall–Kier alpha value is -1.44. The average Bonchev–Trinajstić information content (AvgIpc) is 2.47. The molecule has 3 rings (SSSR count). The van der Waals surface area contributed by atoms with E-state index in [2.05, 4.69) is 37.5 Å². The molecule has 2 heterocycles. The zero-order valence-electron chi connectivity index (χ0n) is 10.8. The summed E-state index contributed by atoms with van der Waals surface area (Å²) >= 11 is 2.29. The fourth-order valence-corrected chi connectivity index (χ4v) is 3.36. The minimum Gasteiger partial charge on any atom is -0.481 e. The van der Waals surface area contributed by atoms with E-state index in [4.69, 9.17) is 5.11 Å². The summed E-state index contributed by atoms with van der Waals surface area (Å²) in [5.41, 5.74) is 0.933. The van der Waals surface area contributed by atoms with Gasteiger partial charge in [0, 0.05) is 16.7 Å². The number of hydrogen-bond acceptors (Lipinski definition) is 4. The van der Waals surface area contributed by atoms with Crippen molar-refractivity contribution in [3.63, 3.8) is 0 Å². The van der Waals surface area contributed by atoms with Crippen LogP contribution in [0, 0.1) is 9.49 Å². The molecule has 0 aliphatic carbocycles. The number of fused-ring (bicyclic) bond motifs is 1. The molecule has 1 saturated heterocycles. The van der Waals surface area contributed by atoms with Gasteiger partial charge in [0.15, 0.2) is 0 Å². The van der Waals surface area contributed by atoms with Crippen LogP contribution < -0.4 is 4.90 Å². The smallest absolute Gasteiger partial charge is 0.306 e. The highest BCUT2D eigenvalue weighted by atomic mass is 127. The highest BCUT2D eigenvalue weighted by Gasteiger charge is 2.26. The van der Waals surface area contributed by atoms with Crippen LogP contribution in [0.5, 0.6) is 0 Å². The summed E-state index contributed by atoms with van der Waals surface area (Å²) in [6.45, 7) is 1.46. The Labute approximate surface area is 130 Å². The Morgan fingerprint density at radius 2 is 2.05 bits per heavy atom. The van der Waals surface area contributed by atoms with Gasteiger partial charge in [0.2, 0.25) is 0 Å². The predicted molar refractivity (Wildman–Crippen MR) is 84.8 cm³/mol. The molecule has 0 radical (unpaired) electrons. The van der Waals surface area contributed by atoms with Gasteiger partial charge in [0.05, 0.1) is 16.8 Å². The number of piperidine rings is 1. The van der Waals surface area contributed by atoms with E-state index in [1.54, 1.807) is 6.33 Å². The van der Waals surface area contributed by atoms with Gasteiger partial charge in [-0.15, -0.1) is 0 Å². The standard InChI is InChI=1S/C14H14IN3O2/c15-10-2-1-3-11-12(10)13(17-8-16-11)18-6-4-9(5-7-18)14(19)20/h1-3,8-9H,4-7H2,(H,19,20).